The van der Waals surface area contributed by atoms with E-state index in [-0.39, 0.29) is 0 Å². The maximum absolute atomic E-state index is 5.61. The van der Waals surface area contributed by atoms with Gasteiger partial charge in [0, 0.05) is 25.2 Å². The van der Waals surface area contributed by atoms with Gasteiger partial charge in [-0.1, -0.05) is 0 Å². The van der Waals surface area contributed by atoms with Gasteiger partial charge in [0.05, 0.1) is 5.69 Å². The molecule has 1 fully saturated rings. The van der Waals surface area contributed by atoms with Crippen molar-refractivity contribution in [3.05, 3.63) is 17.6 Å². The van der Waals surface area contributed by atoms with Crippen molar-refractivity contribution in [2.24, 2.45) is 5.73 Å². The van der Waals surface area contributed by atoms with Crippen LogP contribution in [0.15, 0.2) is 6.07 Å². The Morgan fingerprint density at radius 3 is 3.00 bits per heavy atom. The van der Waals surface area contributed by atoms with Gasteiger partial charge in [0.1, 0.15) is 11.6 Å². The minimum atomic E-state index is 0.462. The number of anilines is 1. The lowest BCUT2D eigenvalue weighted by molar-refractivity contribution is 0.301. The molecule has 0 bridgehead atoms. The Morgan fingerprint density at radius 1 is 1.50 bits per heavy atom. The summed E-state index contributed by atoms with van der Waals surface area (Å²) >= 11 is 0. The fourth-order valence-electron chi connectivity index (χ4n) is 2.54. The third-order valence-electron chi connectivity index (χ3n) is 3.56. The molecule has 1 saturated heterocycles. The Bertz CT molecular complexity index is 393. The lowest BCUT2D eigenvalue weighted by Crippen LogP contribution is -2.27. The highest BCUT2D eigenvalue weighted by molar-refractivity contribution is 5.35. The zero-order chi connectivity index (χ0) is 13.0. The van der Waals surface area contributed by atoms with Crippen LogP contribution in [0.4, 0.5) is 5.82 Å². The van der Waals surface area contributed by atoms with Gasteiger partial charge in [-0.2, -0.15) is 0 Å². The van der Waals surface area contributed by atoms with Crippen LogP contribution in [-0.2, 0) is 6.54 Å². The molecule has 1 aliphatic heterocycles. The van der Waals surface area contributed by atoms with Crippen LogP contribution in [0.5, 0.6) is 0 Å². The lowest BCUT2D eigenvalue weighted by atomic mass is 10.1. The van der Waals surface area contributed by atoms with E-state index in [9.17, 15) is 0 Å². The van der Waals surface area contributed by atoms with E-state index in [1.807, 2.05) is 13.0 Å². The molecular formula is C13H23N5. The van der Waals surface area contributed by atoms with Crippen molar-refractivity contribution in [3.63, 3.8) is 0 Å². The minimum Gasteiger partial charge on any atom is -0.370 e. The van der Waals surface area contributed by atoms with E-state index < -0.39 is 0 Å². The van der Waals surface area contributed by atoms with Gasteiger partial charge in [0.15, 0.2) is 0 Å². The van der Waals surface area contributed by atoms with Crippen molar-refractivity contribution < 1.29 is 0 Å². The second-order valence-corrected chi connectivity index (χ2v) is 4.99. The maximum atomic E-state index is 5.61. The Balaban J connectivity index is 1.84. The Hall–Kier alpha value is -1.20. The number of hydrogen-bond acceptors (Lipinski definition) is 5. The van der Waals surface area contributed by atoms with E-state index in [4.69, 9.17) is 5.73 Å². The van der Waals surface area contributed by atoms with Gasteiger partial charge >= 0.3 is 0 Å². The van der Waals surface area contributed by atoms with Crippen molar-refractivity contribution in [2.45, 2.75) is 38.8 Å². The van der Waals surface area contributed by atoms with Crippen LogP contribution in [-0.4, -0.2) is 41.0 Å². The number of aromatic nitrogens is 2. The average molecular weight is 249 g/mol. The predicted octanol–water partition coefficient (Wildman–Crippen LogP) is 1.14. The first kappa shape index (κ1) is 13.2. The summed E-state index contributed by atoms with van der Waals surface area (Å²) in [5.41, 5.74) is 6.50. The second kappa shape index (κ2) is 6.11. The molecule has 1 unspecified atom stereocenters. The summed E-state index contributed by atoms with van der Waals surface area (Å²) in [6, 6.07) is 2.65. The molecule has 1 aromatic heterocycles. The van der Waals surface area contributed by atoms with Crippen LogP contribution in [0.2, 0.25) is 0 Å². The molecule has 0 radical (unpaired) electrons. The summed E-state index contributed by atoms with van der Waals surface area (Å²) in [5.74, 6) is 1.67. The number of rotatable bonds is 5. The fraction of sp³-hybridized carbons (Fsp3) is 0.692. The van der Waals surface area contributed by atoms with Crippen molar-refractivity contribution in [1.82, 2.24) is 14.9 Å². The molecule has 5 nitrogen and oxygen atoms in total. The number of likely N-dealkylation sites (tertiary alicyclic amines) is 1. The standard InChI is InChI=1S/C13H23N5/c1-10-16-11(9-14)8-13(17-10)15-6-5-12-4-3-7-18(12)2/h8,12H,3-7,9,14H2,1-2H3,(H,15,16,17). The molecule has 5 heteroatoms. The first-order valence-corrected chi connectivity index (χ1v) is 6.68. The Morgan fingerprint density at radius 2 is 2.33 bits per heavy atom. The van der Waals surface area contributed by atoms with Gasteiger partial charge in [0.25, 0.3) is 0 Å². The Labute approximate surface area is 109 Å². The summed E-state index contributed by atoms with van der Waals surface area (Å²) in [5, 5.41) is 3.37. The zero-order valence-corrected chi connectivity index (χ0v) is 11.3. The molecule has 18 heavy (non-hydrogen) atoms. The maximum Gasteiger partial charge on any atom is 0.129 e. The van der Waals surface area contributed by atoms with E-state index in [0.717, 1.165) is 36.3 Å². The highest BCUT2D eigenvalue weighted by atomic mass is 15.1. The summed E-state index contributed by atoms with van der Waals surface area (Å²) in [4.78, 5) is 11.1. The number of hydrogen-bond donors (Lipinski definition) is 2. The number of aryl methyl sites for hydroxylation is 1. The SMILES string of the molecule is Cc1nc(CN)cc(NCCC2CCCN2C)n1. The number of nitrogens with one attached hydrogen (secondary N) is 1. The van der Waals surface area contributed by atoms with Crippen LogP contribution in [0.3, 0.4) is 0 Å². The van der Waals surface area contributed by atoms with Gasteiger partial charge in [-0.25, -0.2) is 9.97 Å². The van der Waals surface area contributed by atoms with Crippen LogP contribution >= 0.6 is 0 Å². The average Bonchev–Trinajstić information content (AvgIpc) is 2.74. The number of nitrogens with two attached hydrogens (primary N) is 1. The molecule has 0 aliphatic carbocycles. The molecule has 3 N–H and O–H groups in total. The lowest BCUT2D eigenvalue weighted by Gasteiger charge is -2.19. The second-order valence-electron chi connectivity index (χ2n) is 4.99. The van der Waals surface area contributed by atoms with E-state index >= 15 is 0 Å². The Kier molecular flexibility index (Phi) is 4.49. The van der Waals surface area contributed by atoms with Crippen molar-refractivity contribution >= 4 is 5.82 Å². The van der Waals surface area contributed by atoms with E-state index in [1.165, 1.54) is 19.4 Å². The van der Waals surface area contributed by atoms with Gasteiger partial charge in [-0.05, 0) is 39.8 Å². The number of nitrogens with zero attached hydrogens (tertiary/aromatic N) is 3. The normalized spacial score (nSPS) is 20.3. The van der Waals surface area contributed by atoms with E-state index in [1.54, 1.807) is 0 Å². The van der Waals surface area contributed by atoms with Gasteiger partial charge < -0.3 is 16.0 Å². The molecular weight excluding hydrogens is 226 g/mol. The van der Waals surface area contributed by atoms with Crippen LogP contribution in [0, 0.1) is 6.92 Å². The molecule has 0 amide bonds. The molecule has 2 heterocycles. The topological polar surface area (TPSA) is 67.1 Å². The third kappa shape index (κ3) is 3.40. The highest BCUT2D eigenvalue weighted by Gasteiger charge is 2.19. The van der Waals surface area contributed by atoms with Crippen molar-refractivity contribution in [2.75, 3.05) is 25.5 Å². The van der Waals surface area contributed by atoms with Crippen molar-refractivity contribution in [1.29, 1.82) is 0 Å². The van der Waals surface area contributed by atoms with Crippen molar-refractivity contribution in [3.8, 4) is 0 Å². The molecule has 0 saturated carbocycles. The van der Waals surface area contributed by atoms with Gasteiger partial charge in [0.2, 0.25) is 0 Å². The van der Waals surface area contributed by atoms with Crippen LogP contribution in [0.1, 0.15) is 30.8 Å². The molecule has 1 aliphatic rings. The first-order valence-electron chi connectivity index (χ1n) is 6.68. The summed E-state index contributed by atoms with van der Waals surface area (Å²) in [7, 11) is 2.21. The van der Waals surface area contributed by atoms with Crippen LogP contribution < -0.4 is 11.1 Å². The largest absolute Gasteiger partial charge is 0.370 e. The molecule has 1 atom stereocenters. The highest BCUT2D eigenvalue weighted by Crippen LogP contribution is 2.17. The first-order chi connectivity index (χ1) is 8.69. The van der Waals surface area contributed by atoms with E-state index in [2.05, 4.69) is 27.2 Å². The predicted molar refractivity (Wildman–Crippen MR) is 73.4 cm³/mol. The van der Waals surface area contributed by atoms with E-state index in [0.29, 0.717) is 6.54 Å². The molecule has 1 aromatic rings. The molecule has 0 spiro atoms. The summed E-state index contributed by atoms with van der Waals surface area (Å²) in [6.45, 7) is 4.54. The minimum absolute atomic E-state index is 0.462. The summed E-state index contributed by atoms with van der Waals surface area (Å²) < 4.78 is 0. The fourth-order valence-corrected chi connectivity index (χ4v) is 2.54. The molecule has 2 rings (SSSR count). The third-order valence-corrected chi connectivity index (χ3v) is 3.56. The smallest absolute Gasteiger partial charge is 0.129 e. The van der Waals surface area contributed by atoms with Gasteiger partial charge in [-0.15, -0.1) is 0 Å². The summed E-state index contributed by atoms with van der Waals surface area (Å²) in [6.07, 6.45) is 3.80. The quantitative estimate of drug-likeness (QED) is 0.819. The molecule has 100 valence electrons. The zero-order valence-electron chi connectivity index (χ0n) is 11.3. The monoisotopic (exact) mass is 249 g/mol. The van der Waals surface area contributed by atoms with Gasteiger partial charge in [-0.3, -0.25) is 0 Å². The molecule has 0 aromatic carbocycles. The van der Waals surface area contributed by atoms with Crippen LogP contribution in [0.25, 0.3) is 0 Å².